The summed E-state index contributed by atoms with van der Waals surface area (Å²) >= 11 is 0. The molecule has 1 aromatic carbocycles. The number of carbonyl (C=O) groups is 1. The minimum absolute atomic E-state index is 0.0997. The highest BCUT2D eigenvalue weighted by atomic mass is 16.6. The number of hydrogen-bond donors (Lipinski definition) is 1. The number of rotatable bonds is 2. The summed E-state index contributed by atoms with van der Waals surface area (Å²) in [6.45, 7) is 5.18. The third kappa shape index (κ3) is 2.63. The van der Waals surface area contributed by atoms with E-state index in [-0.39, 0.29) is 17.2 Å². The summed E-state index contributed by atoms with van der Waals surface area (Å²) in [5, 5.41) is 14.5. The van der Waals surface area contributed by atoms with E-state index in [0.717, 1.165) is 25.1 Å². The van der Waals surface area contributed by atoms with E-state index in [4.69, 9.17) is 0 Å². The van der Waals surface area contributed by atoms with Gasteiger partial charge in [-0.25, -0.2) is 0 Å². The third-order valence-corrected chi connectivity index (χ3v) is 4.57. The van der Waals surface area contributed by atoms with E-state index in [9.17, 15) is 14.9 Å². The zero-order valence-electron chi connectivity index (χ0n) is 12.0. The van der Waals surface area contributed by atoms with Gasteiger partial charge in [0.15, 0.2) is 0 Å². The SMILES string of the molecule is Cc1ccc([N+](=O)[O-])c(C(=O)N2CCC3CNCC3C2)c1. The molecule has 2 atom stereocenters. The van der Waals surface area contributed by atoms with E-state index in [1.807, 2.05) is 6.92 Å². The molecule has 6 nitrogen and oxygen atoms in total. The molecule has 0 aliphatic carbocycles. The van der Waals surface area contributed by atoms with Crippen LogP contribution in [-0.4, -0.2) is 41.9 Å². The van der Waals surface area contributed by atoms with Gasteiger partial charge in [-0.1, -0.05) is 6.07 Å². The van der Waals surface area contributed by atoms with Crippen molar-refractivity contribution in [2.45, 2.75) is 13.3 Å². The molecule has 1 amide bonds. The van der Waals surface area contributed by atoms with Crippen LogP contribution in [0.2, 0.25) is 0 Å². The highest BCUT2D eigenvalue weighted by molar-refractivity contribution is 5.98. The lowest BCUT2D eigenvalue weighted by Crippen LogP contribution is -2.43. The highest BCUT2D eigenvalue weighted by Gasteiger charge is 2.36. The average Bonchev–Trinajstić information content (AvgIpc) is 2.93. The largest absolute Gasteiger partial charge is 0.338 e. The van der Waals surface area contributed by atoms with Crippen molar-refractivity contribution in [3.63, 3.8) is 0 Å². The summed E-state index contributed by atoms with van der Waals surface area (Å²) in [5.74, 6) is 0.906. The van der Waals surface area contributed by atoms with Crippen molar-refractivity contribution in [1.82, 2.24) is 10.2 Å². The third-order valence-electron chi connectivity index (χ3n) is 4.57. The summed E-state index contributed by atoms with van der Waals surface area (Å²) in [4.78, 5) is 25.1. The van der Waals surface area contributed by atoms with Gasteiger partial charge in [-0.2, -0.15) is 0 Å². The van der Waals surface area contributed by atoms with Crippen LogP contribution in [0.4, 0.5) is 5.69 Å². The maximum absolute atomic E-state index is 12.7. The molecule has 0 spiro atoms. The molecular weight excluding hydrogens is 270 g/mol. The van der Waals surface area contributed by atoms with E-state index < -0.39 is 4.92 Å². The zero-order valence-corrected chi connectivity index (χ0v) is 12.0. The Morgan fingerprint density at radius 3 is 2.90 bits per heavy atom. The van der Waals surface area contributed by atoms with Crippen LogP contribution in [0, 0.1) is 28.9 Å². The number of piperidine rings is 1. The summed E-state index contributed by atoms with van der Waals surface area (Å²) in [7, 11) is 0. The molecule has 21 heavy (non-hydrogen) atoms. The first-order valence-electron chi connectivity index (χ1n) is 7.31. The van der Waals surface area contributed by atoms with E-state index in [1.165, 1.54) is 6.07 Å². The van der Waals surface area contributed by atoms with Crippen LogP contribution in [0.5, 0.6) is 0 Å². The molecule has 0 bridgehead atoms. The maximum atomic E-state index is 12.7. The Labute approximate surface area is 123 Å². The van der Waals surface area contributed by atoms with Gasteiger partial charge < -0.3 is 10.2 Å². The van der Waals surface area contributed by atoms with Crippen molar-refractivity contribution >= 4 is 11.6 Å². The summed E-state index contributed by atoms with van der Waals surface area (Å²) in [6.07, 6.45) is 0.975. The van der Waals surface area contributed by atoms with Gasteiger partial charge in [0, 0.05) is 19.2 Å². The van der Waals surface area contributed by atoms with Crippen molar-refractivity contribution in [2.75, 3.05) is 26.2 Å². The summed E-state index contributed by atoms with van der Waals surface area (Å²) < 4.78 is 0. The highest BCUT2D eigenvalue weighted by Crippen LogP contribution is 2.29. The summed E-state index contributed by atoms with van der Waals surface area (Å²) in [6, 6.07) is 4.72. The number of aryl methyl sites for hydroxylation is 1. The number of nitrogens with one attached hydrogen (secondary N) is 1. The fourth-order valence-electron chi connectivity index (χ4n) is 3.37. The minimum Gasteiger partial charge on any atom is -0.338 e. The van der Waals surface area contributed by atoms with Crippen LogP contribution >= 0.6 is 0 Å². The molecule has 1 aromatic rings. The minimum atomic E-state index is -0.476. The number of nitro benzene ring substituents is 1. The molecular formula is C15H19N3O3. The predicted octanol–water partition coefficient (Wildman–Crippen LogP) is 1.58. The Hall–Kier alpha value is -1.95. The Balaban J connectivity index is 1.85. The molecule has 2 heterocycles. The number of amides is 1. The average molecular weight is 289 g/mol. The fourth-order valence-corrected chi connectivity index (χ4v) is 3.37. The molecule has 112 valence electrons. The van der Waals surface area contributed by atoms with E-state index in [1.54, 1.807) is 17.0 Å². The Kier molecular flexibility index (Phi) is 3.63. The van der Waals surface area contributed by atoms with Crippen molar-refractivity contribution in [3.05, 3.63) is 39.4 Å². The van der Waals surface area contributed by atoms with Gasteiger partial charge in [-0.05, 0) is 49.9 Å². The molecule has 6 heteroatoms. The number of fused-ring (bicyclic) bond motifs is 1. The smallest absolute Gasteiger partial charge is 0.282 e. The first kappa shape index (κ1) is 14.0. The monoisotopic (exact) mass is 289 g/mol. The lowest BCUT2D eigenvalue weighted by atomic mass is 9.88. The zero-order chi connectivity index (χ0) is 15.0. The van der Waals surface area contributed by atoms with Crippen molar-refractivity contribution in [3.8, 4) is 0 Å². The van der Waals surface area contributed by atoms with Crippen molar-refractivity contribution < 1.29 is 9.72 Å². The van der Waals surface area contributed by atoms with Crippen LogP contribution in [0.1, 0.15) is 22.3 Å². The molecule has 1 N–H and O–H groups in total. The van der Waals surface area contributed by atoms with E-state index in [0.29, 0.717) is 24.9 Å². The molecule has 2 unspecified atom stereocenters. The number of benzene rings is 1. The second-order valence-corrected chi connectivity index (χ2v) is 6.00. The predicted molar refractivity (Wildman–Crippen MR) is 78.2 cm³/mol. The fraction of sp³-hybridized carbons (Fsp3) is 0.533. The topological polar surface area (TPSA) is 75.5 Å². The van der Waals surface area contributed by atoms with Gasteiger partial charge in [-0.15, -0.1) is 0 Å². The van der Waals surface area contributed by atoms with Gasteiger partial charge in [0.05, 0.1) is 4.92 Å². The Bertz CT molecular complexity index is 588. The van der Waals surface area contributed by atoms with Crippen LogP contribution in [-0.2, 0) is 0 Å². The van der Waals surface area contributed by atoms with E-state index in [2.05, 4.69) is 5.32 Å². The first-order chi connectivity index (χ1) is 10.1. The number of hydrogen-bond acceptors (Lipinski definition) is 4. The molecule has 2 saturated heterocycles. The second kappa shape index (κ2) is 5.44. The van der Waals surface area contributed by atoms with Crippen LogP contribution in [0.15, 0.2) is 18.2 Å². The normalized spacial score (nSPS) is 24.7. The standard InChI is InChI=1S/C15H19N3O3/c1-10-2-3-14(18(20)21)13(6-10)15(19)17-5-4-11-7-16-8-12(11)9-17/h2-3,6,11-12,16H,4-5,7-9H2,1H3. The van der Waals surface area contributed by atoms with Crippen molar-refractivity contribution in [1.29, 1.82) is 0 Å². The van der Waals surface area contributed by atoms with Gasteiger partial charge in [0.25, 0.3) is 11.6 Å². The second-order valence-electron chi connectivity index (χ2n) is 6.00. The van der Waals surface area contributed by atoms with Gasteiger partial charge in [-0.3, -0.25) is 14.9 Å². The lowest BCUT2D eigenvalue weighted by Gasteiger charge is -2.34. The maximum Gasteiger partial charge on any atom is 0.282 e. The molecule has 2 aliphatic rings. The molecule has 0 saturated carbocycles. The molecule has 2 fully saturated rings. The van der Waals surface area contributed by atoms with E-state index >= 15 is 0 Å². The summed E-state index contributed by atoms with van der Waals surface area (Å²) in [5.41, 5.74) is 0.975. The number of likely N-dealkylation sites (tertiary alicyclic amines) is 1. The Morgan fingerprint density at radius 1 is 1.38 bits per heavy atom. The number of nitrogens with zero attached hydrogens (tertiary/aromatic N) is 2. The number of carbonyl (C=O) groups excluding carboxylic acids is 1. The lowest BCUT2D eigenvalue weighted by molar-refractivity contribution is -0.385. The molecule has 0 aromatic heterocycles. The van der Waals surface area contributed by atoms with Crippen molar-refractivity contribution in [2.24, 2.45) is 11.8 Å². The quantitative estimate of drug-likeness (QED) is 0.662. The molecule has 2 aliphatic heterocycles. The van der Waals surface area contributed by atoms with Gasteiger partial charge in [0.2, 0.25) is 0 Å². The molecule has 0 radical (unpaired) electrons. The van der Waals surface area contributed by atoms with Gasteiger partial charge in [0.1, 0.15) is 5.56 Å². The van der Waals surface area contributed by atoms with Gasteiger partial charge >= 0.3 is 0 Å². The first-order valence-corrected chi connectivity index (χ1v) is 7.31. The van der Waals surface area contributed by atoms with Crippen LogP contribution in [0.3, 0.4) is 0 Å². The number of nitro groups is 1. The van der Waals surface area contributed by atoms with Crippen LogP contribution in [0.25, 0.3) is 0 Å². The van der Waals surface area contributed by atoms with Crippen LogP contribution < -0.4 is 5.32 Å². The Morgan fingerprint density at radius 2 is 2.14 bits per heavy atom. The molecule has 3 rings (SSSR count).